The van der Waals surface area contributed by atoms with Gasteiger partial charge in [0.25, 0.3) is 5.91 Å². The Labute approximate surface area is 421 Å². The molecule has 0 aromatic carbocycles. The Morgan fingerprint density at radius 1 is 0.743 bits per heavy atom. The van der Waals surface area contributed by atoms with Crippen LogP contribution in [0, 0.1) is 11.8 Å². The molecule has 2 aliphatic heterocycles. The summed E-state index contributed by atoms with van der Waals surface area (Å²) >= 11 is 3.31. The van der Waals surface area contributed by atoms with E-state index >= 15 is 4.79 Å². The zero-order valence-electron chi connectivity index (χ0n) is 42.7. The molecule has 0 aromatic heterocycles. The van der Waals surface area contributed by atoms with Crippen molar-refractivity contribution in [2.24, 2.45) is 11.8 Å². The van der Waals surface area contributed by atoms with E-state index in [0.29, 0.717) is 25.5 Å². The van der Waals surface area contributed by atoms with Crippen LogP contribution in [0.1, 0.15) is 146 Å². The summed E-state index contributed by atoms with van der Waals surface area (Å²) in [5.41, 5.74) is -1.65. The predicted molar refractivity (Wildman–Crippen MR) is 265 cm³/mol. The van der Waals surface area contributed by atoms with Gasteiger partial charge in [-0.2, -0.15) is 0 Å². The summed E-state index contributed by atoms with van der Waals surface area (Å²) in [5, 5.41) is 26.9. The molecule has 7 atom stereocenters. The fraction of sp³-hybridized carbons (Fsp3) is 0.792. The van der Waals surface area contributed by atoms with Crippen molar-refractivity contribution in [1.29, 1.82) is 0 Å². The van der Waals surface area contributed by atoms with Crippen molar-refractivity contribution < 1.29 is 62.5 Å². The van der Waals surface area contributed by atoms with Crippen molar-refractivity contribution in [3.05, 3.63) is 0 Å². The normalized spacial score (nSPS) is 19.7. The van der Waals surface area contributed by atoms with Gasteiger partial charge in [-0.05, 0) is 85.5 Å². The Bertz CT molecular complexity index is 1860. The van der Waals surface area contributed by atoms with Gasteiger partial charge in [-0.1, -0.05) is 46.5 Å². The SMILES string of the molecule is CCCC(NC(=O)[C@@H]1CC2(CN1C(=O)C(NC(=O)C(NC(=O)C(CCC(=O)OC(C)(C)C)NC(=O)C(CCC(=O)OC(C)(C)C)NC(C)=O)C(C)C)C1CCCCC1)SCCS2)C(O)C(=O)NCC=O. The zero-order valence-corrected chi connectivity index (χ0v) is 44.3. The topological polar surface area (TPSA) is 285 Å². The molecule has 3 aliphatic rings. The summed E-state index contributed by atoms with van der Waals surface area (Å²) in [5.74, 6) is -5.35. The smallest absolute Gasteiger partial charge is 0.306 e. The van der Waals surface area contributed by atoms with Gasteiger partial charge in [0, 0.05) is 44.2 Å². The number of hydrogen-bond acceptors (Lipinski definition) is 15. The maximum atomic E-state index is 15.1. The number of aliphatic hydroxyl groups is 1. The number of ether oxygens (including phenoxy) is 2. The Morgan fingerprint density at radius 2 is 1.29 bits per heavy atom. The summed E-state index contributed by atoms with van der Waals surface area (Å²) in [6.07, 6.45) is 2.58. The molecule has 7 N–H and O–H groups in total. The molecule has 0 radical (unpaired) electrons. The molecule has 22 heteroatoms. The summed E-state index contributed by atoms with van der Waals surface area (Å²) < 4.78 is 10.3. The highest BCUT2D eigenvalue weighted by molar-refractivity contribution is 8.21. The molecular formula is C48H79N7O13S2. The standard InChI is InChI=1S/C48H79N7O13S2/c1-11-15-31(39(60)44(65)49-22-23-56)51-42(63)34-26-48(69-24-25-70-48)27-55(34)45(66)38(30-16-13-12-14-17-30)54-43(64)37(28(2)3)53-41(62)33(19-21-36(59)68-47(8,9)10)52-40(61)32(50-29(4)57)18-20-35(58)67-46(5,6)7/h23,28,30-34,37-39,60H,11-22,24-27H2,1-10H3,(H,49,65)(H,50,57)(H,51,63)(H,52,61)(H,53,62)(H,54,64)/t31?,32?,33?,34-,37?,38?,39?/m0/s1. The van der Waals surface area contributed by atoms with E-state index in [9.17, 15) is 48.3 Å². The van der Waals surface area contributed by atoms with Crippen molar-refractivity contribution in [3.8, 4) is 0 Å². The lowest BCUT2D eigenvalue weighted by molar-refractivity contribution is -0.156. The number of aldehydes is 1. The van der Waals surface area contributed by atoms with Crippen LogP contribution < -0.4 is 31.9 Å². The molecular weight excluding hydrogens is 947 g/mol. The molecule has 1 spiro atoms. The van der Waals surface area contributed by atoms with Gasteiger partial charge in [-0.25, -0.2) is 0 Å². The van der Waals surface area contributed by atoms with Gasteiger partial charge in [0.05, 0.1) is 16.7 Å². The molecule has 6 unspecified atom stereocenters. The molecule has 70 heavy (non-hydrogen) atoms. The monoisotopic (exact) mass is 1030 g/mol. The molecule has 3 fully saturated rings. The summed E-state index contributed by atoms with van der Waals surface area (Å²) in [6, 6.07) is -7.12. The Morgan fingerprint density at radius 3 is 1.79 bits per heavy atom. The third kappa shape index (κ3) is 19.3. The molecule has 7 amide bonds. The van der Waals surface area contributed by atoms with Gasteiger partial charge >= 0.3 is 11.9 Å². The van der Waals surface area contributed by atoms with Crippen molar-refractivity contribution in [1.82, 2.24) is 36.8 Å². The molecule has 0 bridgehead atoms. The van der Waals surface area contributed by atoms with Crippen molar-refractivity contribution in [3.63, 3.8) is 0 Å². The highest BCUT2D eigenvalue weighted by atomic mass is 32.2. The number of hydrogen-bond donors (Lipinski definition) is 7. The van der Waals surface area contributed by atoms with Crippen LogP contribution in [0.5, 0.6) is 0 Å². The number of likely N-dealkylation sites (tertiary alicyclic amines) is 1. The van der Waals surface area contributed by atoms with E-state index in [1.54, 1.807) is 78.9 Å². The lowest BCUT2D eigenvalue weighted by Gasteiger charge is -2.36. The summed E-state index contributed by atoms with van der Waals surface area (Å²) in [7, 11) is 0. The fourth-order valence-corrected chi connectivity index (χ4v) is 12.0. The lowest BCUT2D eigenvalue weighted by Crippen LogP contribution is -2.62. The molecule has 2 heterocycles. The number of nitrogens with zero attached hydrogens (tertiary/aromatic N) is 1. The number of nitrogens with one attached hydrogen (secondary N) is 6. The van der Waals surface area contributed by atoms with Crippen LogP contribution in [0.2, 0.25) is 0 Å². The van der Waals surface area contributed by atoms with E-state index in [2.05, 4.69) is 31.9 Å². The molecule has 1 saturated carbocycles. The lowest BCUT2D eigenvalue weighted by atomic mass is 9.83. The minimum absolute atomic E-state index is 0.173. The van der Waals surface area contributed by atoms with Gasteiger partial charge in [0.2, 0.25) is 35.4 Å². The number of carbonyl (C=O) groups excluding carboxylic acids is 10. The molecule has 2 saturated heterocycles. The van der Waals surface area contributed by atoms with E-state index in [-0.39, 0.29) is 57.5 Å². The van der Waals surface area contributed by atoms with Crippen LogP contribution in [0.25, 0.3) is 0 Å². The maximum Gasteiger partial charge on any atom is 0.306 e. The van der Waals surface area contributed by atoms with Gasteiger partial charge in [0.15, 0.2) is 6.10 Å². The average Bonchev–Trinajstić information content (AvgIpc) is 3.90. The average molecular weight is 1030 g/mol. The predicted octanol–water partition coefficient (Wildman–Crippen LogP) is 2.16. The van der Waals surface area contributed by atoms with Crippen LogP contribution in [-0.4, -0.2) is 152 Å². The molecule has 3 rings (SSSR count). The minimum Gasteiger partial charge on any atom is -0.460 e. The quantitative estimate of drug-likeness (QED) is 0.0539. The second-order valence-corrected chi connectivity index (χ2v) is 23.9. The van der Waals surface area contributed by atoms with Crippen LogP contribution in [0.3, 0.4) is 0 Å². The number of rotatable bonds is 24. The third-order valence-corrected chi connectivity index (χ3v) is 15.4. The van der Waals surface area contributed by atoms with Gasteiger partial charge < -0.3 is 56.2 Å². The van der Waals surface area contributed by atoms with E-state index in [1.807, 2.05) is 6.92 Å². The first-order chi connectivity index (χ1) is 32.7. The van der Waals surface area contributed by atoms with Crippen LogP contribution in [0.15, 0.2) is 0 Å². The summed E-state index contributed by atoms with van der Waals surface area (Å²) in [4.78, 5) is 135. The molecule has 1 aliphatic carbocycles. The van der Waals surface area contributed by atoms with Crippen molar-refractivity contribution in [2.45, 2.75) is 204 Å². The third-order valence-electron chi connectivity index (χ3n) is 12.0. The number of amides is 7. The second-order valence-electron chi connectivity index (χ2n) is 20.7. The highest BCUT2D eigenvalue weighted by Gasteiger charge is 2.53. The molecule has 396 valence electrons. The first kappa shape index (κ1) is 59.9. The van der Waals surface area contributed by atoms with E-state index in [1.165, 1.54) is 11.8 Å². The van der Waals surface area contributed by atoms with Gasteiger partial charge in [-0.15, -0.1) is 23.5 Å². The van der Waals surface area contributed by atoms with Crippen LogP contribution in [-0.2, 0) is 57.4 Å². The van der Waals surface area contributed by atoms with E-state index in [4.69, 9.17) is 9.47 Å². The Balaban J connectivity index is 1.95. The van der Waals surface area contributed by atoms with Gasteiger partial charge in [-0.3, -0.25) is 43.2 Å². The number of thioether (sulfide) groups is 2. The van der Waals surface area contributed by atoms with E-state index < -0.39 is 117 Å². The minimum atomic E-state index is -1.66. The Hall–Kier alpha value is -4.44. The number of aliphatic hydroxyl groups excluding tert-OH is 1. The van der Waals surface area contributed by atoms with Crippen molar-refractivity contribution >= 4 is 83.1 Å². The number of esters is 2. The van der Waals surface area contributed by atoms with Gasteiger partial charge in [0.1, 0.15) is 47.7 Å². The molecule has 0 aromatic rings. The Kier molecular flexibility index (Phi) is 23.4. The zero-order chi connectivity index (χ0) is 52.6. The van der Waals surface area contributed by atoms with Crippen molar-refractivity contribution in [2.75, 3.05) is 24.6 Å². The first-order valence-corrected chi connectivity index (χ1v) is 26.6. The fourth-order valence-electron chi connectivity index (χ4n) is 8.76. The summed E-state index contributed by atoms with van der Waals surface area (Å²) in [6.45, 7) is 16.4. The van der Waals surface area contributed by atoms with E-state index in [0.717, 1.165) is 30.8 Å². The first-order valence-electron chi connectivity index (χ1n) is 24.6. The second kappa shape index (κ2) is 27.4. The maximum absolute atomic E-state index is 15.1. The highest BCUT2D eigenvalue weighted by Crippen LogP contribution is 2.52. The number of carbonyl (C=O) groups is 10. The largest absolute Gasteiger partial charge is 0.460 e. The van der Waals surface area contributed by atoms with Crippen LogP contribution >= 0.6 is 23.5 Å². The molecule has 20 nitrogen and oxygen atoms in total. The van der Waals surface area contributed by atoms with Crippen LogP contribution in [0.4, 0.5) is 0 Å².